The molecule has 21 heavy (non-hydrogen) atoms. The van der Waals surface area contributed by atoms with E-state index in [9.17, 15) is 4.79 Å². The molecule has 0 aliphatic rings. The predicted octanol–water partition coefficient (Wildman–Crippen LogP) is 4.22. The molecule has 0 aliphatic heterocycles. The molecule has 1 amide bonds. The maximum atomic E-state index is 11.9. The molecule has 2 rings (SSSR count). The number of anilines is 1. The first kappa shape index (κ1) is 16.2. The van der Waals surface area contributed by atoms with Crippen molar-refractivity contribution in [2.75, 3.05) is 11.1 Å². The van der Waals surface area contributed by atoms with E-state index in [0.717, 1.165) is 10.5 Å². The molecule has 0 saturated heterocycles. The van der Waals surface area contributed by atoms with E-state index in [0.29, 0.717) is 15.7 Å². The van der Waals surface area contributed by atoms with E-state index in [2.05, 4.69) is 5.32 Å². The van der Waals surface area contributed by atoms with Crippen molar-refractivity contribution in [2.24, 2.45) is 0 Å². The molecule has 0 spiro atoms. The van der Waals surface area contributed by atoms with Gasteiger partial charge in [-0.2, -0.15) is 0 Å². The fraction of sp³-hybridized carbons (Fsp3) is 0.133. The van der Waals surface area contributed by atoms with Crippen LogP contribution in [0.2, 0.25) is 10.0 Å². The second-order valence-electron chi connectivity index (χ2n) is 4.27. The van der Waals surface area contributed by atoms with E-state index < -0.39 is 0 Å². The Morgan fingerprint density at radius 2 is 1.86 bits per heavy atom. The molecule has 0 radical (unpaired) electrons. The van der Waals surface area contributed by atoms with E-state index in [1.807, 2.05) is 0 Å². The van der Waals surface area contributed by atoms with Crippen molar-refractivity contribution in [3.63, 3.8) is 0 Å². The van der Waals surface area contributed by atoms with E-state index >= 15 is 0 Å². The molecule has 2 aromatic carbocycles. The van der Waals surface area contributed by atoms with Crippen molar-refractivity contribution < 1.29 is 9.90 Å². The Labute approximate surface area is 137 Å². The molecule has 0 unspecified atom stereocenters. The number of carbonyl (C=O) groups is 1. The van der Waals surface area contributed by atoms with Gasteiger partial charge in [-0.1, -0.05) is 35.3 Å². The van der Waals surface area contributed by atoms with Crippen molar-refractivity contribution in [2.45, 2.75) is 11.5 Å². The smallest absolute Gasteiger partial charge is 0.234 e. The summed E-state index contributed by atoms with van der Waals surface area (Å²) < 4.78 is 0. The van der Waals surface area contributed by atoms with Crippen LogP contribution >= 0.6 is 35.0 Å². The lowest BCUT2D eigenvalue weighted by Gasteiger charge is -2.07. The number of aliphatic hydroxyl groups excluding tert-OH is 1. The summed E-state index contributed by atoms with van der Waals surface area (Å²) in [6.07, 6.45) is 0. The van der Waals surface area contributed by atoms with Crippen molar-refractivity contribution in [1.82, 2.24) is 0 Å². The third kappa shape index (κ3) is 4.93. The summed E-state index contributed by atoms with van der Waals surface area (Å²) >= 11 is 13.3. The van der Waals surface area contributed by atoms with Crippen molar-refractivity contribution in [1.29, 1.82) is 0 Å². The molecule has 110 valence electrons. The number of aliphatic hydroxyl groups is 1. The van der Waals surface area contributed by atoms with Crippen LogP contribution in [-0.2, 0) is 11.4 Å². The predicted molar refractivity (Wildman–Crippen MR) is 88.2 cm³/mol. The first-order valence-corrected chi connectivity index (χ1v) is 7.90. The zero-order valence-corrected chi connectivity index (χ0v) is 13.3. The number of rotatable bonds is 5. The largest absolute Gasteiger partial charge is 0.392 e. The van der Waals surface area contributed by atoms with Gasteiger partial charge in [0.15, 0.2) is 0 Å². The zero-order chi connectivity index (χ0) is 15.2. The maximum Gasteiger partial charge on any atom is 0.234 e. The van der Waals surface area contributed by atoms with E-state index in [4.69, 9.17) is 28.3 Å². The molecule has 0 fully saturated rings. The van der Waals surface area contributed by atoms with Crippen LogP contribution in [0.4, 0.5) is 5.69 Å². The van der Waals surface area contributed by atoms with E-state index in [1.54, 1.807) is 42.5 Å². The van der Waals surface area contributed by atoms with E-state index in [-0.39, 0.29) is 18.3 Å². The molecule has 2 N–H and O–H groups in total. The molecule has 0 heterocycles. The minimum Gasteiger partial charge on any atom is -0.392 e. The molecule has 0 atom stereocenters. The highest BCUT2D eigenvalue weighted by Crippen LogP contribution is 2.29. The molecular weight excluding hydrogens is 329 g/mol. The molecule has 0 aromatic heterocycles. The third-order valence-corrected chi connectivity index (χ3v) is 4.40. The average Bonchev–Trinajstić information content (AvgIpc) is 2.49. The van der Waals surface area contributed by atoms with Crippen LogP contribution in [0.15, 0.2) is 47.4 Å². The van der Waals surface area contributed by atoms with Gasteiger partial charge < -0.3 is 10.4 Å². The molecule has 3 nitrogen and oxygen atoms in total. The lowest BCUT2D eigenvalue weighted by Crippen LogP contribution is -2.13. The lowest BCUT2D eigenvalue weighted by molar-refractivity contribution is -0.113. The summed E-state index contributed by atoms with van der Waals surface area (Å²) in [7, 11) is 0. The van der Waals surface area contributed by atoms with Crippen LogP contribution in [0.1, 0.15) is 5.56 Å². The van der Waals surface area contributed by atoms with Crippen molar-refractivity contribution in [3.05, 3.63) is 58.1 Å². The van der Waals surface area contributed by atoms with Gasteiger partial charge in [0.2, 0.25) is 5.91 Å². The fourth-order valence-corrected chi connectivity index (χ4v) is 2.91. The first-order chi connectivity index (χ1) is 10.1. The summed E-state index contributed by atoms with van der Waals surface area (Å²) in [5, 5.41) is 12.9. The Balaban J connectivity index is 1.91. The summed E-state index contributed by atoms with van der Waals surface area (Å²) in [6, 6.07) is 12.2. The SMILES string of the molecule is O=C(CSc1cc(Cl)ccc1Cl)Nc1ccc(CO)cc1. The molecule has 2 aromatic rings. The molecule has 0 bridgehead atoms. The minimum absolute atomic E-state index is 0.0165. The number of carbonyl (C=O) groups excluding carboxylic acids is 1. The highest BCUT2D eigenvalue weighted by Gasteiger charge is 2.07. The Morgan fingerprint density at radius 3 is 2.52 bits per heavy atom. The van der Waals surface area contributed by atoms with Gasteiger partial charge in [-0.25, -0.2) is 0 Å². The van der Waals surface area contributed by atoms with Crippen LogP contribution < -0.4 is 5.32 Å². The normalized spacial score (nSPS) is 10.4. The van der Waals surface area contributed by atoms with Gasteiger partial charge in [-0.15, -0.1) is 11.8 Å². The number of thioether (sulfide) groups is 1. The third-order valence-electron chi connectivity index (χ3n) is 2.67. The van der Waals surface area contributed by atoms with Crippen LogP contribution in [0.5, 0.6) is 0 Å². The standard InChI is InChI=1S/C15H13Cl2NO2S/c16-11-3-6-13(17)14(7-11)21-9-15(20)18-12-4-1-10(8-19)2-5-12/h1-7,19H,8-9H2,(H,18,20). The van der Waals surface area contributed by atoms with Crippen LogP contribution in [0.25, 0.3) is 0 Å². The highest BCUT2D eigenvalue weighted by molar-refractivity contribution is 8.00. The minimum atomic E-state index is -0.132. The van der Waals surface area contributed by atoms with Crippen molar-refractivity contribution in [3.8, 4) is 0 Å². The fourth-order valence-electron chi connectivity index (χ4n) is 1.62. The van der Waals surface area contributed by atoms with Crippen LogP contribution in [-0.4, -0.2) is 16.8 Å². The highest BCUT2D eigenvalue weighted by atomic mass is 35.5. The van der Waals surface area contributed by atoms with Gasteiger partial charge in [-0.3, -0.25) is 4.79 Å². The summed E-state index contributed by atoms with van der Waals surface area (Å²) in [4.78, 5) is 12.7. The monoisotopic (exact) mass is 341 g/mol. The topological polar surface area (TPSA) is 49.3 Å². The number of amides is 1. The molecule has 0 saturated carbocycles. The number of benzene rings is 2. The van der Waals surface area contributed by atoms with Gasteiger partial charge in [0.25, 0.3) is 0 Å². The molecule has 0 aliphatic carbocycles. The number of hydrogen-bond acceptors (Lipinski definition) is 3. The van der Waals surface area contributed by atoms with Gasteiger partial charge in [-0.05, 0) is 35.9 Å². The maximum absolute atomic E-state index is 11.9. The summed E-state index contributed by atoms with van der Waals surface area (Å²) in [5.41, 5.74) is 1.49. The zero-order valence-electron chi connectivity index (χ0n) is 11.0. The quantitative estimate of drug-likeness (QED) is 0.800. The number of nitrogens with one attached hydrogen (secondary N) is 1. The second kappa shape index (κ2) is 7.71. The lowest BCUT2D eigenvalue weighted by atomic mass is 10.2. The van der Waals surface area contributed by atoms with Gasteiger partial charge >= 0.3 is 0 Å². The summed E-state index contributed by atoms with van der Waals surface area (Å²) in [5.74, 6) is 0.106. The first-order valence-electron chi connectivity index (χ1n) is 6.16. The molecule has 6 heteroatoms. The number of halogens is 2. The summed E-state index contributed by atoms with van der Waals surface area (Å²) in [6.45, 7) is -0.0165. The Bertz CT molecular complexity index is 632. The molecular formula is C15H13Cl2NO2S. The Kier molecular flexibility index (Phi) is 5.94. The van der Waals surface area contributed by atoms with E-state index in [1.165, 1.54) is 11.8 Å². The second-order valence-corrected chi connectivity index (χ2v) is 6.13. The average molecular weight is 342 g/mol. The van der Waals surface area contributed by atoms with Crippen molar-refractivity contribution >= 4 is 46.6 Å². The van der Waals surface area contributed by atoms with Gasteiger partial charge in [0.1, 0.15) is 0 Å². The Morgan fingerprint density at radius 1 is 1.14 bits per heavy atom. The number of hydrogen-bond donors (Lipinski definition) is 2. The Hall–Kier alpha value is -1.20. The van der Waals surface area contributed by atoms with Crippen LogP contribution in [0, 0.1) is 0 Å². The van der Waals surface area contributed by atoms with Gasteiger partial charge in [0.05, 0.1) is 17.4 Å². The van der Waals surface area contributed by atoms with Gasteiger partial charge in [0, 0.05) is 15.6 Å². The van der Waals surface area contributed by atoms with Crippen LogP contribution in [0.3, 0.4) is 0 Å².